The van der Waals surface area contributed by atoms with Gasteiger partial charge in [-0.2, -0.15) is 31.4 Å². The summed E-state index contributed by atoms with van der Waals surface area (Å²) in [5, 5.41) is 17.1. The molecular weight excluding hydrogens is 878 g/mol. The normalized spacial score (nSPS) is 24.8. The van der Waals surface area contributed by atoms with Crippen molar-refractivity contribution in [1.29, 1.82) is 0 Å². The van der Waals surface area contributed by atoms with E-state index in [4.69, 9.17) is 26.2 Å². The highest BCUT2D eigenvalue weighted by molar-refractivity contribution is 7.22. The van der Waals surface area contributed by atoms with Crippen LogP contribution in [-0.4, -0.2) is 52.7 Å². The number of ether oxygens (including phenoxy) is 2. The Morgan fingerprint density at radius 1 is 0.857 bits per heavy atom. The molecular formula is C44H35ClF6N4O7S. The van der Waals surface area contributed by atoms with Gasteiger partial charge in [0.15, 0.2) is 11.5 Å². The molecule has 2 saturated heterocycles. The molecule has 3 aromatic carbocycles. The molecule has 3 fully saturated rings. The number of imide groups is 2. The van der Waals surface area contributed by atoms with E-state index in [-0.39, 0.29) is 42.0 Å². The van der Waals surface area contributed by atoms with E-state index in [1.807, 2.05) is 19.1 Å². The quantitative estimate of drug-likeness (QED) is 0.101. The van der Waals surface area contributed by atoms with Crippen molar-refractivity contribution in [2.24, 2.45) is 36.1 Å². The van der Waals surface area contributed by atoms with Crippen molar-refractivity contribution in [1.82, 2.24) is 9.78 Å². The minimum atomic E-state index is -5.25. The third-order valence-corrected chi connectivity index (χ3v) is 14.7. The monoisotopic (exact) mass is 912 g/mol. The molecule has 11 nitrogen and oxygen atoms in total. The predicted octanol–water partition coefficient (Wildman–Crippen LogP) is 9.46. The molecule has 1 saturated carbocycles. The van der Waals surface area contributed by atoms with Crippen LogP contribution in [-0.2, 0) is 38.6 Å². The van der Waals surface area contributed by atoms with Gasteiger partial charge in [-0.05, 0) is 97.7 Å². The standard InChI is InChI=1S/C44H35ClF6N4O7S/c1-18-26-15-22(45)6-9-32(26)63-37(18)29-17-33(53(3)52-29)55-39(58)28-16-27-24(35(42(28,2)41(55)60)19-10-30(61-4)36(56)31(11-19)62-5)7-8-25-34(27)40(59)54(38(25)57)23-13-20(43(46,47)48)12-21(14-23)44(49,50)51/h6-7,9-15,17,25,27-28,34-35,56H,8,16H2,1-5H3. The molecule has 19 heteroatoms. The molecule has 0 bridgehead atoms. The Labute approximate surface area is 363 Å². The smallest absolute Gasteiger partial charge is 0.416 e. The molecule has 2 aliphatic heterocycles. The van der Waals surface area contributed by atoms with Crippen molar-refractivity contribution < 1.29 is 60.1 Å². The summed E-state index contributed by atoms with van der Waals surface area (Å²) in [6, 6.07) is 10.6. The molecule has 4 heterocycles. The van der Waals surface area contributed by atoms with Crippen LogP contribution >= 0.6 is 22.9 Å². The number of methoxy groups -OCH3 is 2. The highest BCUT2D eigenvalue weighted by Crippen LogP contribution is 2.64. The summed E-state index contributed by atoms with van der Waals surface area (Å²) in [6.07, 6.45) is -9.19. The zero-order chi connectivity index (χ0) is 45.4. The zero-order valence-electron chi connectivity index (χ0n) is 33.8. The van der Waals surface area contributed by atoms with Crippen LogP contribution in [0.15, 0.2) is 66.2 Å². The van der Waals surface area contributed by atoms with Crippen molar-refractivity contribution in [3.63, 3.8) is 0 Å². The first kappa shape index (κ1) is 42.4. The van der Waals surface area contributed by atoms with Crippen LogP contribution < -0.4 is 19.3 Å². The molecule has 328 valence electrons. The average Bonchev–Trinajstić information content (AvgIpc) is 3.90. The van der Waals surface area contributed by atoms with Crippen molar-refractivity contribution >= 4 is 68.2 Å². The molecule has 5 aromatic rings. The third kappa shape index (κ3) is 6.25. The van der Waals surface area contributed by atoms with Gasteiger partial charge in [0, 0.05) is 28.8 Å². The van der Waals surface area contributed by atoms with E-state index in [1.165, 1.54) is 42.4 Å². The highest BCUT2D eigenvalue weighted by atomic mass is 35.5. The predicted molar refractivity (Wildman–Crippen MR) is 219 cm³/mol. The number of anilines is 2. The Bertz CT molecular complexity index is 2810. The number of hydrogen-bond donors (Lipinski definition) is 1. The number of halogens is 7. The van der Waals surface area contributed by atoms with Gasteiger partial charge < -0.3 is 14.6 Å². The average molecular weight is 913 g/mol. The van der Waals surface area contributed by atoms with Crippen molar-refractivity contribution in [3.8, 4) is 27.8 Å². The van der Waals surface area contributed by atoms with Crippen molar-refractivity contribution in [2.75, 3.05) is 24.0 Å². The van der Waals surface area contributed by atoms with Crippen molar-refractivity contribution in [3.05, 3.63) is 93.5 Å². The third-order valence-electron chi connectivity index (χ3n) is 13.2. The molecule has 63 heavy (non-hydrogen) atoms. The largest absolute Gasteiger partial charge is 0.502 e. The summed E-state index contributed by atoms with van der Waals surface area (Å²) in [5.74, 6) is -9.42. The zero-order valence-corrected chi connectivity index (χ0v) is 35.4. The van der Waals surface area contributed by atoms with E-state index in [2.05, 4.69) is 0 Å². The number of allylic oxidation sites excluding steroid dienone is 2. The van der Waals surface area contributed by atoms with E-state index in [0.717, 1.165) is 25.4 Å². The Balaban J connectivity index is 1.17. The van der Waals surface area contributed by atoms with E-state index >= 15 is 9.59 Å². The van der Waals surface area contributed by atoms with E-state index in [0.29, 0.717) is 38.9 Å². The van der Waals surface area contributed by atoms with Gasteiger partial charge in [-0.15, -0.1) is 11.3 Å². The van der Waals surface area contributed by atoms with Crippen LogP contribution in [0.4, 0.5) is 37.8 Å². The number of hydrogen-bond acceptors (Lipinski definition) is 9. The van der Waals surface area contributed by atoms with Crippen LogP contribution in [0.25, 0.3) is 20.7 Å². The van der Waals surface area contributed by atoms with Gasteiger partial charge in [0.2, 0.25) is 29.4 Å². The second-order valence-electron chi connectivity index (χ2n) is 16.4. The summed E-state index contributed by atoms with van der Waals surface area (Å²) >= 11 is 7.74. The van der Waals surface area contributed by atoms with Crippen LogP contribution in [0, 0.1) is 36.0 Å². The van der Waals surface area contributed by atoms with Crippen LogP contribution in [0.3, 0.4) is 0 Å². The number of aromatic hydroxyl groups is 1. The minimum Gasteiger partial charge on any atom is -0.502 e. The molecule has 9 rings (SSSR count). The SMILES string of the molecule is COc1cc(C2C3=CCC4C(=O)N(c5cc(C(F)(F)F)cc(C(F)(F)F)c5)C(=O)C4C3CC3C(=O)N(c4cc(-c5sc6ccc(Cl)cc6c5C)nn4C)C(=O)C32C)cc(OC)c1O. The Morgan fingerprint density at radius 3 is 2.10 bits per heavy atom. The van der Waals surface area contributed by atoms with Gasteiger partial charge >= 0.3 is 12.4 Å². The fraction of sp³-hybridized carbons (Fsp3) is 0.341. The maximum absolute atomic E-state index is 15.3. The number of benzene rings is 3. The number of thiophene rings is 1. The van der Waals surface area contributed by atoms with E-state index in [1.54, 1.807) is 32.2 Å². The first-order chi connectivity index (χ1) is 29.6. The second-order valence-corrected chi connectivity index (χ2v) is 17.9. The highest BCUT2D eigenvalue weighted by Gasteiger charge is 2.68. The second kappa shape index (κ2) is 14.3. The number of phenolic OH excluding ortho intramolecular Hbond substituents is 1. The summed E-state index contributed by atoms with van der Waals surface area (Å²) in [5.41, 5.74) is -3.77. The first-order valence-electron chi connectivity index (χ1n) is 19.5. The summed E-state index contributed by atoms with van der Waals surface area (Å²) < 4.78 is 97.1. The molecule has 0 spiro atoms. The number of rotatable bonds is 6. The Morgan fingerprint density at radius 2 is 1.49 bits per heavy atom. The van der Waals surface area contributed by atoms with Gasteiger partial charge in [0.1, 0.15) is 11.5 Å². The lowest BCUT2D eigenvalue weighted by atomic mass is 9.51. The molecule has 6 atom stereocenters. The Hall–Kier alpha value is -5.88. The van der Waals surface area contributed by atoms with Crippen molar-refractivity contribution in [2.45, 2.75) is 45.0 Å². The molecule has 4 aliphatic rings. The van der Waals surface area contributed by atoms with Gasteiger partial charge in [-0.1, -0.05) is 23.3 Å². The number of aromatic nitrogens is 2. The number of alkyl halides is 6. The summed E-state index contributed by atoms with van der Waals surface area (Å²) in [6.45, 7) is 3.52. The summed E-state index contributed by atoms with van der Waals surface area (Å²) in [7, 11) is 4.18. The van der Waals surface area contributed by atoms with Crippen LogP contribution in [0.1, 0.15) is 47.9 Å². The number of phenols is 1. The number of carbonyl (C=O) groups is 4. The van der Waals surface area contributed by atoms with E-state index < -0.39 is 87.8 Å². The van der Waals surface area contributed by atoms with Crippen LogP contribution in [0.2, 0.25) is 5.02 Å². The fourth-order valence-corrected chi connectivity index (χ4v) is 11.5. The fourth-order valence-electron chi connectivity index (χ4n) is 10.2. The lowest BCUT2D eigenvalue weighted by Crippen LogP contribution is -2.49. The molecule has 2 aliphatic carbocycles. The van der Waals surface area contributed by atoms with E-state index in [9.17, 15) is 41.0 Å². The number of carbonyl (C=O) groups excluding carboxylic acids is 4. The Kier molecular flexibility index (Phi) is 9.64. The number of aryl methyl sites for hydroxylation is 2. The number of nitrogens with zero attached hydrogens (tertiary/aromatic N) is 4. The lowest BCUT2D eigenvalue weighted by Gasteiger charge is -2.49. The van der Waals surface area contributed by atoms with Crippen LogP contribution in [0.5, 0.6) is 17.2 Å². The number of amides is 4. The molecule has 6 unspecified atom stereocenters. The molecule has 1 N–H and O–H groups in total. The first-order valence-corrected chi connectivity index (χ1v) is 20.7. The maximum atomic E-state index is 15.3. The lowest BCUT2D eigenvalue weighted by molar-refractivity contribution is -0.143. The van der Waals surface area contributed by atoms with Gasteiger partial charge in [0.05, 0.1) is 59.1 Å². The molecule has 4 amide bonds. The van der Waals surface area contributed by atoms with Gasteiger partial charge in [0.25, 0.3) is 0 Å². The topological polar surface area (TPSA) is 131 Å². The van der Waals surface area contributed by atoms with Gasteiger partial charge in [-0.25, -0.2) is 9.80 Å². The number of fused-ring (bicyclic) bond motifs is 5. The summed E-state index contributed by atoms with van der Waals surface area (Å²) in [4.78, 5) is 61.1. The maximum Gasteiger partial charge on any atom is 0.416 e. The molecule has 0 radical (unpaired) electrons. The molecule has 2 aromatic heterocycles. The van der Waals surface area contributed by atoms with Gasteiger partial charge in [-0.3, -0.25) is 23.9 Å². The minimum absolute atomic E-state index is 0.0471.